The fourth-order valence-corrected chi connectivity index (χ4v) is 3.29. The van der Waals surface area contributed by atoms with E-state index < -0.39 is 0 Å². The zero-order chi connectivity index (χ0) is 16.8. The Morgan fingerprint density at radius 2 is 1.73 bits per heavy atom. The van der Waals surface area contributed by atoms with Crippen molar-refractivity contribution in [3.63, 3.8) is 0 Å². The molecule has 1 aliphatic heterocycles. The van der Waals surface area contributed by atoms with Crippen molar-refractivity contribution in [2.45, 2.75) is 78.9 Å². The third-order valence-corrected chi connectivity index (χ3v) is 5.04. The van der Waals surface area contributed by atoms with Crippen LogP contribution in [0.5, 0.6) is 0 Å². The van der Waals surface area contributed by atoms with Crippen LogP contribution in [0.3, 0.4) is 0 Å². The van der Waals surface area contributed by atoms with Crippen molar-refractivity contribution in [1.29, 1.82) is 0 Å². The van der Waals surface area contributed by atoms with Crippen molar-refractivity contribution in [3.8, 4) is 0 Å². The number of amides is 1. The topological polar surface area (TPSA) is 32.8 Å². The van der Waals surface area contributed by atoms with E-state index >= 15 is 0 Å². The van der Waals surface area contributed by atoms with E-state index in [1.807, 2.05) is 4.90 Å². The van der Waals surface area contributed by atoms with Gasteiger partial charge in [0.05, 0.1) is 0 Å². The number of rotatable bonds is 7. The Bertz CT molecular complexity index is 334. The van der Waals surface area contributed by atoms with Crippen molar-refractivity contribution >= 4 is 6.09 Å². The lowest BCUT2D eigenvalue weighted by Crippen LogP contribution is -2.52. The smallest absolute Gasteiger partial charge is 0.410 e. The molecule has 4 heteroatoms. The normalized spacial score (nSPS) is 18.6. The summed E-state index contributed by atoms with van der Waals surface area (Å²) in [5.41, 5.74) is -0.379. The first kappa shape index (κ1) is 19.3. The molecule has 0 aromatic rings. The van der Waals surface area contributed by atoms with Crippen LogP contribution in [0.25, 0.3) is 0 Å². The molecular formula is C18H36N2O2. The van der Waals surface area contributed by atoms with Crippen LogP contribution in [0.1, 0.15) is 67.2 Å². The lowest BCUT2D eigenvalue weighted by Gasteiger charge is -2.39. The Hall–Kier alpha value is -0.770. The number of piperazine rings is 1. The van der Waals surface area contributed by atoms with Gasteiger partial charge in [0.2, 0.25) is 0 Å². The number of carbonyl (C=O) groups is 1. The molecule has 0 radical (unpaired) electrons. The number of nitrogens with zero attached hydrogens (tertiary/aromatic N) is 2. The molecule has 1 heterocycles. The maximum Gasteiger partial charge on any atom is 0.410 e. The monoisotopic (exact) mass is 312 g/mol. The van der Waals surface area contributed by atoms with Gasteiger partial charge in [-0.15, -0.1) is 0 Å². The minimum atomic E-state index is -0.379. The standard InChI is InChI=1S/C18H36N2O2/c1-7-9-10-16(8-2)18(5,6)22-17(21)20-13-11-19(12-14-20)15(3)4/h15-16H,7-14H2,1-6H3. The summed E-state index contributed by atoms with van der Waals surface area (Å²) in [5.74, 6) is 0.438. The summed E-state index contributed by atoms with van der Waals surface area (Å²) in [5, 5.41) is 0. The first-order chi connectivity index (χ1) is 10.3. The van der Waals surface area contributed by atoms with Crippen molar-refractivity contribution in [3.05, 3.63) is 0 Å². The lowest BCUT2D eigenvalue weighted by atomic mass is 9.84. The number of hydrogen-bond acceptors (Lipinski definition) is 3. The van der Waals surface area contributed by atoms with Gasteiger partial charge < -0.3 is 9.64 Å². The van der Waals surface area contributed by atoms with Crippen molar-refractivity contribution in [2.24, 2.45) is 5.92 Å². The van der Waals surface area contributed by atoms with E-state index in [0.717, 1.165) is 39.0 Å². The molecule has 130 valence electrons. The second-order valence-electron chi connectivity index (χ2n) is 7.34. The molecule has 0 bridgehead atoms. The Balaban J connectivity index is 2.52. The van der Waals surface area contributed by atoms with Crippen LogP contribution in [-0.2, 0) is 4.74 Å². The summed E-state index contributed by atoms with van der Waals surface area (Å²) in [6.07, 6.45) is 4.45. The highest BCUT2D eigenvalue weighted by Crippen LogP contribution is 2.30. The number of carbonyl (C=O) groups excluding carboxylic acids is 1. The molecule has 1 aliphatic rings. The summed E-state index contributed by atoms with van der Waals surface area (Å²) >= 11 is 0. The summed E-state index contributed by atoms with van der Waals surface area (Å²) < 4.78 is 5.89. The van der Waals surface area contributed by atoms with Crippen molar-refractivity contribution < 1.29 is 9.53 Å². The molecular weight excluding hydrogens is 276 g/mol. The van der Waals surface area contributed by atoms with Crippen LogP contribution in [0.4, 0.5) is 4.79 Å². The predicted octanol–water partition coefficient (Wildman–Crippen LogP) is 4.14. The van der Waals surface area contributed by atoms with Crippen LogP contribution < -0.4 is 0 Å². The maximum absolute atomic E-state index is 12.5. The molecule has 1 saturated heterocycles. The number of hydrogen-bond donors (Lipinski definition) is 0. The van der Waals surface area contributed by atoms with Crippen molar-refractivity contribution in [2.75, 3.05) is 26.2 Å². The molecule has 0 aromatic heterocycles. The Labute approximate surface area is 137 Å². The van der Waals surface area contributed by atoms with E-state index in [9.17, 15) is 4.79 Å². The van der Waals surface area contributed by atoms with Gasteiger partial charge in [-0.25, -0.2) is 4.79 Å². The molecule has 1 rings (SSSR count). The van der Waals surface area contributed by atoms with Gasteiger partial charge in [0.1, 0.15) is 5.60 Å². The van der Waals surface area contributed by atoms with Gasteiger partial charge in [-0.05, 0) is 46.5 Å². The number of unbranched alkanes of at least 4 members (excludes halogenated alkanes) is 1. The van der Waals surface area contributed by atoms with E-state index in [4.69, 9.17) is 4.74 Å². The van der Waals surface area contributed by atoms with E-state index in [-0.39, 0.29) is 11.7 Å². The van der Waals surface area contributed by atoms with Crippen LogP contribution in [0.15, 0.2) is 0 Å². The molecule has 0 aromatic carbocycles. The van der Waals surface area contributed by atoms with E-state index in [1.54, 1.807) is 0 Å². The van der Waals surface area contributed by atoms with Gasteiger partial charge in [0.25, 0.3) is 0 Å². The van der Waals surface area contributed by atoms with E-state index in [2.05, 4.69) is 46.4 Å². The van der Waals surface area contributed by atoms with Crippen LogP contribution in [0.2, 0.25) is 0 Å². The summed E-state index contributed by atoms with van der Waals surface area (Å²) in [6.45, 7) is 16.4. The lowest BCUT2D eigenvalue weighted by molar-refractivity contribution is -0.0346. The Kier molecular flexibility index (Phi) is 7.67. The van der Waals surface area contributed by atoms with Gasteiger partial charge in [-0.3, -0.25) is 4.90 Å². The molecule has 0 spiro atoms. The maximum atomic E-state index is 12.5. The van der Waals surface area contributed by atoms with E-state index in [1.165, 1.54) is 12.8 Å². The minimum Gasteiger partial charge on any atom is -0.443 e. The first-order valence-corrected chi connectivity index (χ1v) is 9.03. The Morgan fingerprint density at radius 3 is 2.18 bits per heavy atom. The SMILES string of the molecule is CCCCC(CC)C(C)(C)OC(=O)N1CCN(C(C)C)CC1. The third-order valence-electron chi connectivity index (χ3n) is 5.04. The molecule has 22 heavy (non-hydrogen) atoms. The molecule has 1 atom stereocenters. The molecule has 1 unspecified atom stereocenters. The minimum absolute atomic E-state index is 0.136. The van der Waals surface area contributed by atoms with E-state index in [0.29, 0.717) is 12.0 Å². The highest BCUT2D eigenvalue weighted by atomic mass is 16.6. The highest BCUT2D eigenvalue weighted by Gasteiger charge is 2.34. The summed E-state index contributed by atoms with van der Waals surface area (Å²) in [7, 11) is 0. The third kappa shape index (κ3) is 5.45. The van der Waals surface area contributed by atoms with Gasteiger partial charge in [-0.2, -0.15) is 0 Å². The molecule has 0 aliphatic carbocycles. The quantitative estimate of drug-likeness (QED) is 0.708. The summed E-state index contributed by atoms with van der Waals surface area (Å²) in [6, 6.07) is 0.549. The molecule has 1 amide bonds. The molecule has 1 fully saturated rings. The highest BCUT2D eigenvalue weighted by molar-refractivity contribution is 5.68. The molecule has 0 N–H and O–H groups in total. The predicted molar refractivity (Wildman–Crippen MR) is 92.1 cm³/mol. The second kappa shape index (κ2) is 8.76. The zero-order valence-corrected chi connectivity index (χ0v) is 15.5. The fraction of sp³-hybridized carbons (Fsp3) is 0.944. The fourth-order valence-electron chi connectivity index (χ4n) is 3.29. The van der Waals surface area contributed by atoms with Crippen LogP contribution in [-0.4, -0.2) is 53.7 Å². The molecule has 0 saturated carbocycles. The van der Waals surface area contributed by atoms with Gasteiger partial charge >= 0.3 is 6.09 Å². The van der Waals surface area contributed by atoms with Crippen molar-refractivity contribution in [1.82, 2.24) is 9.80 Å². The molecule has 4 nitrogen and oxygen atoms in total. The Morgan fingerprint density at radius 1 is 1.14 bits per heavy atom. The van der Waals surface area contributed by atoms with Crippen LogP contribution >= 0.6 is 0 Å². The van der Waals surface area contributed by atoms with Gasteiger partial charge in [0.15, 0.2) is 0 Å². The largest absolute Gasteiger partial charge is 0.443 e. The average molecular weight is 312 g/mol. The summed E-state index contributed by atoms with van der Waals surface area (Å²) in [4.78, 5) is 16.7. The zero-order valence-electron chi connectivity index (χ0n) is 15.5. The van der Waals surface area contributed by atoms with Gasteiger partial charge in [-0.1, -0.05) is 26.7 Å². The average Bonchev–Trinajstić information content (AvgIpc) is 2.47. The van der Waals surface area contributed by atoms with Gasteiger partial charge in [0, 0.05) is 32.2 Å². The number of ether oxygens (including phenoxy) is 1. The second-order valence-corrected chi connectivity index (χ2v) is 7.34. The van der Waals surface area contributed by atoms with Crippen LogP contribution in [0, 0.1) is 5.92 Å². The first-order valence-electron chi connectivity index (χ1n) is 9.03.